The fourth-order valence-electron chi connectivity index (χ4n) is 2.66. The first kappa shape index (κ1) is 20.3. The minimum absolute atomic E-state index is 0.0182. The van der Waals surface area contributed by atoms with Crippen molar-refractivity contribution in [3.05, 3.63) is 58.6 Å². The van der Waals surface area contributed by atoms with E-state index in [1.165, 1.54) is 0 Å². The zero-order valence-electron chi connectivity index (χ0n) is 15.1. The molecule has 3 rings (SSSR count). The normalized spacial score (nSPS) is 13.6. The van der Waals surface area contributed by atoms with Crippen molar-refractivity contribution in [2.45, 2.75) is 0 Å². The smallest absolute Gasteiger partial charge is 0.260 e. The van der Waals surface area contributed by atoms with Crippen molar-refractivity contribution in [1.29, 1.82) is 0 Å². The molecule has 0 spiro atoms. The highest BCUT2D eigenvalue weighted by atomic mass is 35.5. The average Bonchev–Trinajstić information content (AvgIpc) is 2.66. The second-order valence-corrected chi connectivity index (χ2v) is 7.33. The lowest BCUT2D eigenvalue weighted by molar-refractivity contribution is -0.139. The molecule has 1 fully saturated rings. The Morgan fingerprint density at radius 3 is 1.93 bits per heavy atom. The van der Waals surface area contributed by atoms with E-state index in [1.54, 1.807) is 53.4 Å². The number of amides is 2. The molecule has 28 heavy (non-hydrogen) atoms. The van der Waals surface area contributed by atoms with Crippen LogP contribution >= 0.6 is 23.2 Å². The van der Waals surface area contributed by atoms with Gasteiger partial charge in [0.15, 0.2) is 13.2 Å². The average molecular weight is 423 g/mol. The van der Waals surface area contributed by atoms with Gasteiger partial charge in [-0.05, 0) is 48.5 Å². The molecule has 6 nitrogen and oxygen atoms in total. The van der Waals surface area contributed by atoms with Crippen LogP contribution in [0.15, 0.2) is 48.5 Å². The standard InChI is InChI=1S/C20H20Cl2N2O4/c21-15-1-5-17(6-2-15)27-12-19(25)23-9-14-10-24(11-14)20(26)13-28-18-7-3-16(22)4-8-18/h1-8,14H,9-13H2,(H,23,25). The zero-order chi connectivity index (χ0) is 19.9. The molecular formula is C20H20Cl2N2O4. The molecule has 0 aliphatic carbocycles. The van der Waals surface area contributed by atoms with Gasteiger partial charge in [0.1, 0.15) is 11.5 Å². The first-order valence-electron chi connectivity index (χ1n) is 8.81. The highest BCUT2D eigenvalue weighted by Crippen LogP contribution is 2.18. The maximum atomic E-state index is 12.1. The Labute approximate surface area is 173 Å². The predicted molar refractivity (Wildman–Crippen MR) is 107 cm³/mol. The van der Waals surface area contributed by atoms with Gasteiger partial charge in [0.2, 0.25) is 0 Å². The lowest BCUT2D eigenvalue weighted by atomic mass is 10.0. The van der Waals surface area contributed by atoms with Gasteiger partial charge in [-0.25, -0.2) is 0 Å². The number of halogens is 2. The van der Waals surface area contributed by atoms with E-state index >= 15 is 0 Å². The van der Waals surface area contributed by atoms with Crippen LogP contribution in [0.25, 0.3) is 0 Å². The Hall–Kier alpha value is -2.44. The van der Waals surface area contributed by atoms with Crippen molar-refractivity contribution >= 4 is 35.0 Å². The van der Waals surface area contributed by atoms with Gasteiger partial charge in [-0.3, -0.25) is 9.59 Å². The molecule has 1 N–H and O–H groups in total. The number of likely N-dealkylation sites (tertiary alicyclic amines) is 1. The van der Waals surface area contributed by atoms with Crippen LogP contribution in [-0.2, 0) is 9.59 Å². The van der Waals surface area contributed by atoms with E-state index in [1.807, 2.05) is 0 Å². The van der Waals surface area contributed by atoms with Gasteiger partial charge < -0.3 is 19.7 Å². The molecule has 1 saturated heterocycles. The number of carbonyl (C=O) groups excluding carboxylic acids is 2. The van der Waals surface area contributed by atoms with Gasteiger partial charge in [0.25, 0.3) is 11.8 Å². The summed E-state index contributed by atoms with van der Waals surface area (Å²) < 4.78 is 10.8. The van der Waals surface area contributed by atoms with E-state index in [-0.39, 0.29) is 30.9 Å². The third-order valence-electron chi connectivity index (χ3n) is 4.26. The maximum absolute atomic E-state index is 12.1. The summed E-state index contributed by atoms with van der Waals surface area (Å²) >= 11 is 11.6. The van der Waals surface area contributed by atoms with Crippen LogP contribution in [0.1, 0.15) is 0 Å². The Balaban J connectivity index is 1.28. The summed E-state index contributed by atoms with van der Waals surface area (Å²) in [6, 6.07) is 13.7. The number of hydrogen-bond donors (Lipinski definition) is 1. The summed E-state index contributed by atoms with van der Waals surface area (Å²) in [5, 5.41) is 4.04. The van der Waals surface area contributed by atoms with Crippen LogP contribution in [0.5, 0.6) is 11.5 Å². The molecule has 1 heterocycles. The highest BCUT2D eigenvalue weighted by Gasteiger charge is 2.30. The predicted octanol–water partition coefficient (Wildman–Crippen LogP) is 3.03. The van der Waals surface area contributed by atoms with Crippen LogP contribution in [0.3, 0.4) is 0 Å². The lowest BCUT2D eigenvalue weighted by Gasteiger charge is -2.39. The topological polar surface area (TPSA) is 67.9 Å². The lowest BCUT2D eigenvalue weighted by Crippen LogP contribution is -2.55. The van der Waals surface area contributed by atoms with E-state index < -0.39 is 0 Å². The Bertz CT molecular complexity index is 803. The number of ether oxygens (including phenoxy) is 2. The first-order valence-corrected chi connectivity index (χ1v) is 9.56. The fourth-order valence-corrected chi connectivity index (χ4v) is 2.91. The number of benzene rings is 2. The molecule has 0 atom stereocenters. The molecule has 2 aromatic carbocycles. The van der Waals surface area contributed by atoms with Crippen molar-refractivity contribution in [3.8, 4) is 11.5 Å². The van der Waals surface area contributed by atoms with Gasteiger partial charge in [-0.1, -0.05) is 23.2 Å². The molecule has 1 aliphatic heterocycles. The van der Waals surface area contributed by atoms with E-state index in [0.717, 1.165) is 0 Å². The highest BCUT2D eigenvalue weighted by molar-refractivity contribution is 6.30. The van der Waals surface area contributed by atoms with Gasteiger partial charge >= 0.3 is 0 Å². The molecule has 0 bridgehead atoms. The maximum Gasteiger partial charge on any atom is 0.260 e. The molecule has 0 unspecified atom stereocenters. The summed E-state index contributed by atoms with van der Waals surface area (Å²) in [5.74, 6) is 1.14. The third kappa shape index (κ3) is 6.04. The van der Waals surface area contributed by atoms with Gasteiger partial charge in [-0.15, -0.1) is 0 Å². The summed E-state index contributed by atoms with van der Waals surface area (Å²) in [5.41, 5.74) is 0. The van der Waals surface area contributed by atoms with Gasteiger partial charge in [0, 0.05) is 35.6 Å². The van der Waals surface area contributed by atoms with E-state index in [9.17, 15) is 9.59 Å². The molecule has 148 valence electrons. The molecule has 2 aromatic rings. The van der Waals surface area contributed by atoms with Crippen LogP contribution in [0.2, 0.25) is 10.0 Å². The molecule has 1 aliphatic rings. The summed E-state index contributed by atoms with van der Waals surface area (Å²) in [6.45, 7) is 1.62. The molecule has 0 saturated carbocycles. The number of hydrogen-bond acceptors (Lipinski definition) is 4. The van der Waals surface area contributed by atoms with Crippen LogP contribution in [-0.4, -0.2) is 49.6 Å². The Morgan fingerprint density at radius 2 is 1.39 bits per heavy atom. The molecule has 2 amide bonds. The van der Waals surface area contributed by atoms with E-state index in [0.29, 0.717) is 41.2 Å². The van der Waals surface area contributed by atoms with Crippen LogP contribution < -0.4 is 14.8 Å². The summed E-state index contributed by atoms with van der Waals surface area (Å²) in [4.78, 5) is 25.7. The van der Waals surface area contributed by atoms with Gasteiger partial charge in [-0.2, -0.15) is 0 Å². The molecule has 0 aromatic heterocycles. The Kier molecular flexibility index (Phi) is 7.01. The number of carbonyl (C=O) groups is 2. The third-order valence-corrected chi connectivity index (χ3v) is 4.76. The van der Waals surface area contributed by atoms with Crippen LogP contribution in [0.4, 0.5) is 0 Å². The number of nitrogens with zero attached hydrogens (tertiary/aromatic N) is 1. The van der Waals surface area contributed by atoms with E-state index in [2.05, 4.69) is 5.32 Å². The van der Waals surface area contributed by atoms with Crippen molar-refractivity contribution < 1.29 is 19.1 Å². The quantitative estimate of drug-likeness (QED) is 0.709. The summed E-state index contributed by atoms with van der Waals surface area (Å²) in [7, 11) is 0. The van der Waals surface area contributed by atoms with Crippen molar-refractivity contribution in [2.24, 2.45) is 5.92 Å². The minimum Gasteiger partial charge on any atom is -0.484 e. The second-order valence-electron chi connectivity index (χ2n) is 6.45. The first-order chi connectivity index (χ1) is 13.5. The zero-order valence-corrected chi connectivity index (χ0v) is 16.6. The molecule has 0 radical (unpaired) electrons. The number of nitrogens with one attached hydrogen (secondary N) is 1. The monoisotopic (exact) mass is 422 g/mol. The fraction of sp³-hybridized carbons (Fsp3) is 0.300. The Morgan fingerprint density at radius 1 is 0.893 bits per heavy atom. The van der Waals surface area contributed by atoms with E-state index in [4.69, 9.17) is 32.7 Å². The minimum atomic E-state index is -0.203. The second kappa shape index (κ2) is 9.66. The molecular weight excluding hydrogens is 403 g/mol. The van der Waals surface area contributed by atoms with Gasteiger partial charge in [0.05, 0.1) is 0 Å². The number of rotatable bonds is 8. The van der Waals surface area contributed by atoms with Crippen molar-refractivity contribution in [2.75, 3.05) is 32.8 Å². The van der Waals surface area contributed by atoms with Crippen LogP contribution in [0, 0.1) is 5.92 Å². The van der Waals surface area contributed by atoms with Crippen molar-refractivity contribution in [3.63, 3.8) is 0 Å². The molecule has 8 heteroatoms. The SMILES string of the molecule is O=C(COc1ccc(Cl)cc1)NCC1CN(C(=O)COc2ccc(Cl)cc2)C1. The summed E-state index contributed by atoms with van der Waals surface area (Å²) in [6.07, 6.45) is 0. The van der Waals surface area contributed by atoms with Crippen molar-refractivity contribution in [1.82, 2.24) is 10.2 Å². The largest absolute Gasteiger partial charge is 0.484 e.